The maximum atomic E-state index is 5.18. The Morgan fingerprint density at radius 3 is 2.78 bits per heavy atom. The van der Waals surface area contributed by atoms with Crippen molar-refractivity contribution in [2.45, 2.75) is 0 Å². The Morgan fingerprint density at radius 2 is 2.11 bits per heavy atom. The molecule has 1 aromatic carbocycles. The predicted octanol–water partition coefficient (Wildman–Crippen LogP) is 0.663. The fraction of sp³-hybridized carbons (Fsp3) is 0.200. The summed E-state index contributed by atoms with van der Waals surface area (Å²) < 4.78 is 10.3. The highest BCUT2D eigenvalue weighted by Crippen LogP contribution is 2.26. The summed E-state index contributed by atoms with van der Waals surface area (Å²) in [5.41, 5.74) is 3.47. The molecular formula is C10H12N6O2. The molecule has 2 aromatic rings. The molecule has 0 spiro atoms. The first-order chi connectivity index (χ1) is 8.83. The van der Waals surface area contributed by atoms with Crippen molar-refractivity contribution < 1.29 is 9.47 Å². The van der Waals surface area contributed by atoms with E-state index in [2.05, 4.69) is 31.2 Å². The molecule has 2 rings (SSSR count). The van der Waals surface area contributed by atoms with Gasteiger partial charge in [0.15, 0.2) is 11.5 Å². The Bertz CT molecular complexity index is 525. The summed E-state index contributed by atoms with van der Waals surface area (Å²) in [5, 5.41) is 17.0. The minimum Gasteiger partial charge on any atom is -0.493 e. The van der Waals surface area contributed by atoms with Crippen LogP contribution < -0.4 is 14.9 Å². The number of hydrogen-bond acceptors (Lipinski definition) is 7. The maximum Gasteiger partial charge on any atom is 0.283 e. The van der Waals surface area contributed by atoms with E-state index >= 15 is 0 Å². The van der Waals surface area contributed by atoms with Crippen LogP contribution in [0.15, 0.2) is 23.3 Å². The Hall–Kier alpha value is -2.64. The fourth-order valence-electron chi connectivity index (χ4n) is 1.31. The Kier molecular flexibility index (Phi) is 3.69. The van der Waals surface area contributed by atoms with Crippen LogP contribution in [0.1, 0.15) is 5.56 Å². The number of tetrazole rings is 1. The number of rotatable bonds is 5. The van der Waals surface area contributed by atoms with E-state index in [0.29, 0.717) is 17.4 Å². The van der Waals surface area contributed by atoms with Crippen molar-refractivity contribution in [3.8, 4) is 11.5 Å². The molecule has 18 heavy (non-hydrogen) atoms. The normalized spacial score (nSPS) is 10.6. The van der Waals surface area contributed by atoms with Crippen LogP contribution in [0.5, 0.6) is 11.5 Å². The van der Waals surface area contributed by atoms with Crippen LogP contribution in [0, 0.1) is 0 Å². The molecule has 0 amide bonds. The van der Waals surface area contributed by atoms with Crippen LogP contribution in [0.25, 0.3) is 0 Å². The summed E-state index contributed by atoms with van der Waals surface area (Å²) in [4.78, 5) is 0. The van der Waals surface area contributed by atoms with Crippen LogP contribution in [-0.2, 0) is 0 Å². The lowest BCUT2D eigenvalue weighted by molar-refractivity contribution is 0.355. The summed E-state index contributed by atoms with van der Waals surface area (Å²) in [6, 6.07) is 5.46. The standard InChI is InChI=1S/C10H12N6O2/c1-17-8-4-3-7(5-9(8)18-2)6-11-12-10-13-15-16-14-10/h3-6H,1-2H3,(H2,12,13,14,15,16). The first-order valence-corrected chi connectivity index (χ1v) is 5.08. The number of ether oxygens (including phenoxy) is 2. The Balaban J connectivity index is 2.07. The van der Waals surface area contributed by atoms with Crippen molar-refractivity contribution in [2.24, 2.45) is 5.10 Å². The molecule has 0 saturated heterocycles. The molecule has 0 fully saturated rings. The number of hydrogen-bond donors (Lipinski definition) is 2. The van der Waals surface area contributed by atoms with E-state index < -0.39 is 0 Å². The summed E-state index contributed by atoms with van der Waals surface area (Å²) in [6.45, 7) is 0. The van der Waals surface area contributed by atoms with Gasteiger partial charge in [0.05, 0.1) is 20.4 Å². The largest absolute Gasteiger partial charge is 0.493 e. The number of nitrogens with zero attached hydrogens (tertiary/aromatic N) is 4. The zero-order valence-electron chi connectivity index (χ0n) is 9.91. The van der Waals surface area contributed by atoms with E-state index in [1.807, 2.05) is 6.07 Å². The number of H-pyrrole nitrogens is 1. The third-order valence-corrected chi connectivity index (χ3v) is 2.13. The van der Waals surface area contributed by atoms with Crippen molar-refractivity contribution in [1.29, 1.82) is 0 Å². The smallest absolute Gasteiger partial charge is 0.283 e. The van der Waals surface area contributed by atoms with Gasteiger partial charge in [0.2, 0.25) is 0 Å². The number of methoxy groups -OCH3 is 2. The average molecular weight is 248 g/mol. The molecular weight excluding hydrogens is 236 g/mol. The van der Waals surface area contributed by atoms with E-state index in [9.17, 15) is 0 Å². The minimum absolute atomic E-state index is 0.298. The van der Waals surface area contributed by atoms with Gasteiger partial charge in [-0.25, -0.2) is 5.43 Å². The first kappa shape index (κ1) is 11.8. The van der Waals surface area contributed by atoms with Crippen LogP contribution in [0.3, 0.4) is 0 Å². The molecule has 0 radical (unpaired) electrons. The number of nitrogens with one attached hydrogen (secondary N) is 2. The van der Waals surface area contributed by atoms with Crippen molar-refractivity contribution in [2.75, 3.05) is 19.6 Å². The van der Waals surface area contributed by atoms with Gasteiger partial charge in [0, 0.05) is 0 Å². The molecule has 0 aliphatic heterocycles. The minimum atomic E-state index is 0.298. The van der Waals surface area contributed by atoms with Crippen molar-refractivity contribution >= 4 is 12.2 Å². The molecule has 94 valence electrons. The van der Waals surface area contributed by atoms with Crippen molar-refractivity contribution in [3.63, 3.8) is 0 Å². The zero-order chi connectivity index (χ0) is 12.8. The summed E-state index contributed by atoms with van der Waals surface area (Å²) >= 11 is 0. The van der Waals surface area contributed by atoms with Gasteiger partial charge < -0.3 is 9.47 Å². The number of aromatic amines is 1. The molecule has 8 nitrogen and oxygen atoms in total. The summed E-state index contributed by atoms with van der Waals surface area (Å²) in [6.07, 6.45) is 1.61. The molecule has 0 aliphatic rings. The van der Waals surface area contributed by atoms with Crippen molar-refractivity contribution in [1.82, 2.24) is 20.6 Å². The van der Waals surface area contributed by atoms with E-state index in [-0.39, 0.29) is 0 Å². The number of hydrazone groups is 1. The quantitative estimate of drug-likeness (QED) is 0.596. The topological polar surface area (TPSA) is 97.3 Å². The van der Waals surface area contributed by atoms with Crippen LogP contribution in [0.2, 0.25) is 0 Å². The number of benzene rings is 1. The lowest BCUT2D eigenvalue weighted by atomic mass is 10.2. The van der Waals surface area contributed by atoms with Crippen LogP contribution in [0.4, 0.5) is 5.95 Å². The van der Waals surface area contributed by atoms with Gasteiger partial charge in [-0.05, 0) is 29.0 Å². The van der Waals surface area contributed by atoms with Crippen LogP contribution >= 0.6 is 0 Å². The molecule has 0 atom stereocenters. The van der Waals surface area contributed by atoms with Gasteiger partial charge in [-0.1, -0.05) is 5.10 Å². The highest BCUT2D eigenvalue weighted by atomic mass is 16.5. The van der Waals surface area contributed by atoms with E-state index in [1.165, 1.54) is 0 Å². The van der Waals surface area contributed by atoms with Gasteiger partial charge in [0.1, 0.15) is 0 Å². The van der Waals surface area contributed by atoms with Gasteiger partial charge in [-0.3, -0.25) is 0 Å². The van der Waals surface area contributed by atoms with E-state index in [0.717, 1.165) is 5.56 Å². The number of anilines is 1. The Morgan fingerprint density at radius 1 is 1.28 bits per heavy atom. The monoisotopic (exact) mass is 248 g/mol. The lowest BCUT2D eigenvalue weighted by Crippen LogP contribution is -1.94. The Labute approximate surface area is 103 Å². The highest BCUT2D eigenvalue weighted by Gasteiger charge is 2.02. The second kappa shape index (κ2) is 5.62. The molecule has 2 N–H and O–H groups in total. The van der Waals surface area contributed by atoms with E-state index in [4.69, 9.17) is 9.47 Å². The molecule has 0 aliphatic carbocycles. The molecule has 1 aromatic heterocycles. The second-order valence-corrected chi connectivity index (χ2v) is 3.22. The molecule has 0 saturated carbocycles. The molecule has 0 unspecified atom stereocenters. The van der Waals surface area contributed by atoms with Gasteiger partial charge in [0.25, 0.3) is 5.95 Å². The summed E-state index contributed by atoms with van der Waals surface area (Å²) in [7, 11) is 3.17. The van der Waals surface area contributed by atoms with Gasteiger partial charge in [-0.15, -0.1) is 5.10 Å². The predicted molar refractivity (Wildman–Crippen MR) is 64.9 cm³/mol. The third-order valence-electron chi connectivity index (χ3n) is 2.13. The average Bonchev–Trinajstić information content (AvgIpc) is 2.91. The highest BCUT2D eigenvalue weighted by molar-refractivity contribution is 5.81. The molecule has 8 heteroatoms. The van der Waals surface area contributed by atoms with Crippen molar-refractivity contribution in [3.05, 3.63) is 23.8 Å². The molecule has 1 heterocycles. The molecule has 0 bridgehead atoms. The zero-order valence-corrected chi connectivity index (χ0v) is 9.91. The third kappa shape index (κ3) is 2.73. The van der Waals surface area contributed by atoms with Crippen LogP contribution in [-0.4, -0.2) is 41.1 Å². The van der Waals surface area contributed by atoms with Gasteiger partial charge >= 0.3 is 0 Å². The fourth-order valence-corrected chi connectivity index (χ4v) is 1.31. The van der Waals surface area contributed by atoms with Gasteiger partial charge in [-0.2, -0.15) is 10.3 Å². The first-order valence-electron chi connectivity index (χ1n) is 5.08. The van der Waals surface area contributed by atoms with E-state index in [1.54, 1.807) is 32.6 Å². The lowest BCUT2D eigenvalue weighted by Gasteiger charge is -2.07. The summed E-state index contributed by atoms with van der Waals surface area (Å²) in [5.74, 6) is 1.61. The second-order valence-electron chi connectivity index (χ2n) is 3.22. The maximum absolute atomic E-state index is 5.18. The number of aromatic nitrogens is 4. The SMILES string of the molecule is COc1ccc(C=NNc2nn[nH]n2)cc1OC.